The van der Waals surface area contributed by atoms with Gasteiger partial charge in [0.1, 0.15) is 13.2 Å². The van der Waals surface area contributed by atoms with E-state index in [1.54, 1.807) is 7.11 Å². The highest BCUT2D eigenvalue weighted by Crippen LogP contribution is 2.39. The number of piperidine rings is 1. The van der Waals surface area contributed by atoms with Gasteiger partial charge in [-0.1, -0.05) is 6.07 Å². The van der Waals surface area contributed by atoms with E-state index < -0.39 is 0 Å². The van der Waals surface area contributed by atoms with Gasteiger partial charge in [0.2, 0.25) is 11.8 Å². The predicted octanol–water partition coefficient (Wildman–Crippen LogP) is 2.62. The molecule has 30 heavy (non-hydrogen) atoms. The van der Waals surface area contributed by atoms with E-state index in [1.165, 1.54) is 0 Å². The van der Waals surface area contributed by atoms with Gasteiger partial charge in [-0.15, -0.1) is 0 Å². The van der Waals surface area contributed by atoms with Crippen molar-refractivity contribution < 1.29 is 19.0 Å². The number of benzene rings is 1. The van der Waals surface area contributed by atoms with Gasteiger partial charge in [0, 0.05) is 24.7 Å². The van der Waals surface area contributed by atoms with Crippen LogP contribution in [0.1, 0.15) is 18.4 Å². The number of ether oxygens (including phenoxy) is 3. The molecule has 2 aliphatic rings. The van der Waals surface area contributed by atoms with E-state index in [4.69, 9.17) is 14.2 Å². The molecule has 1 aromatic carbocycles. The van der Waals surface area contributed by atoms with Crippen LogP contribution in [0.3, 0.4) is 0 Å². The number of amides is 1. The first-order valence-corrected chi connectivity index (χ1v) is 10.4. The van der Waals surface area contributed by atoms with Crippen LogP contribution in [-0.4, -0.2) is 74.2 Å². The van der Waals surface area contributed by atoms with Crippen LogP contribution in [0.15, 0.2) is 30.3 Å². The van der Waals surface area contributed by atoms with Gasteiger partial charge in [0.25, 0.3) is 0 Å². The standard InChI is InChI=1S/C23H29N3O4/c1-25-9-7-17(8-10-25)26(2)22(27)15-16-13-19(24-21(14-16)28-3)18-5-4-6-20-23(18)30-12-11-29-20/h4-6,13-14,17H,7-12,15H2,1-3H3. The number of carbonyl (C=O) groups is 1. The first kappa shape index (κ1) is 20.5. The highest BCUT2D eigenvalue weighted by Gasteiger charge is 2.25. The highest BCUT2D eigenvalue weighted by atomic mass is 16.6. The third kappa shape index (κ3) is 4.36. The number of carbonyl (C=O) groups excluding carboxylic acids is 1. The first-order chi connectivity index (χ1) is 14.5. The minimum absolute atomic E-state index is 0.110. The molecule has 0 unspecified atom stereocenters. The Morgan fingerprint density at radius 2 is 2.00 bits per heavy atom. The van der Waals surface area contributed by atoms with Crippen LogP contribution in [0, 0.1) is 0 Å². The molecule has 2 aliphatic heterocycles. The number of likely N-dealkylation sites (N-methyl/N-ethyl adjacent to an activating group) is 1. The summed E-state index contributed by atoms with van der Waals surface area (Å²) in [4.78, 5) is 21.8. The smallest absolute Gasteiger partial charge is 0.226 e. The maximum absolute atomic E-state index is 13.0. The lowest BCUT2D eigenvalue weighted by Gasteiger charge is -2.35. The second-order valence-corrected chi connectivity index (χ2v) is 7.95. The summed E-state index contributed by atoms with van der Waals surface area (Å²) >= 11 is 0. The molecule has 1 amide bonds. The molecule has 7 heteroatoms. The average Bonchev–Trinajstić information content (AvgIpc) is 2.78. The molecular weight excluding hydrogens is 382 g/mol. The Kier molecular flexibility index (Phi) is 6.08. The van der Waals surface area contributed by atoms with Gasteiger partial charge in [0.05, 0.1) is 19.2 Å². The summed E-state index contributed by atoms with van der Waals surface area (Å²) in [5.41, 5.74) is 2.42. The number of fused-ring (bicyclic) bond motifs is 1. The molecule has 2 aromatic rings. The maximum atomic E-state index is 13.0. The maximum Gasteiger partial charge on any atom is 0.226 e. The summed E-state index contributed by atoms with van der Waals surface area (Å²) in [6.45, 7) is 3.08. The van der Waals surface area contributed by atoms with E-state index in [0.717, 1.165) is 37.1 Å². The van der Waals surface area contributed by atoms with Crippen molar-refractivity contribution in [3.63, 3.8) is 0 Å². The molecular formula is C23H29N3O4. The van der Waals surface area contributed by atoms with Gasteiger partial charge >= 0.3 is 0 Å². The fourth-order valence-corrected chi connectivity index (χ4v) is 4.06. The summed E-state index contributed by atoms with van der Waals surface area (Å²) in [5.74, 6) is 1.98. The number of hydrogen-bond donors (Lipinski definition) is 0. The highest BCUT2D eigenvalue weighted by molar-refractivity contribution is 5.80. The minimum Gasteiger partial charge on any atom is -0.486 e. The lowest BCUT2D eigenvalue weighted by atomic mass is 10.0. The van der Waals surface area contributed by atoms with E-state index in [-0.39, 0.29) is 5.91 Å². The van der Waals surface area contributed by atoms with Crippen LogP contribution < -0.4 is 14.2 Å². The SMILES string of the molecule is COc1cc(CC(=O)N(C)C2CCN(C)CC2)cc(-c2cccc3c2OCCO3)n1. The molecule has 0 atom stereocenters. The first-order valence-electron chi connectivity index (χ1n) is 10.4. The Morgan fingerprint density at radius 1 is 1.23 bits per heavy atom. The number of nitrogens with zero attached hydrogens (tertiary/aromatic N) is 3. The van der Waals surface area contributed by atoms with Crippen molar-refractivity contribution in [2.45, 2.75) is 25.3 Å². The molecule has 3 heterocycles. The lowest BCUT2D eigenvalue weighted by Crippen LogP contribution is -2.45. The summed E-state index contributed by atoms with van der Waals surface area (Å²) in [6.07, 6.45) is 2.33. The van der Waals surface area contributed by atoms with Crippen molar-refractivity contribution in [3.8, 4) is 28.6 Å². The Morgan fingerprint density at radius 3 is 2.77 bits per heavy atom. The predicted molar refractivity (Wildman–Crippen MR) is 114 cm³/mol. The number of pyridine rings is 1. The fourth-order valence-electron chi connectivity index (χ4n) is 4.06. The van der Waals surface area contributed by atoms with E-state index in [1.807, 2.05) is 42.3 Å². The molecule has 0 spiro atoms. The van der Waals surface area contributed by atoms with Gasteiger partial charge in [-0.25, -0.2) is 4.98 Å². The monoisotopic (exact) mass is 411 g/mol. The van der Waals surface area contributed by atoms with Crippen LogP contribution in [0.25, 0.3) is 11.3 Å². The fraction of sp³-hybridized carbons (Fsp3) is 0.478. The Bertz CT molecular complexity index is 909. The number of likely N-dealkylation sites (tertiary alicyclic amines) is 1. The molecule has 1 fully saturated rings. The van der Waals surface area contributed by atoms with E-state index in [0.29, 0.717) is 48.7 Å². The second-order valence-electron chi connectivity index (χ2n) is 7.95. The van der Waals surface area contributed by atoms with Crippen molar-refractivity contribution >= 4 is 5.91 Å². The second kappa shape index (κ2) is 8.92. The molecule has 1 saturated heterocycles. The summed E-state index contributed by atoms with van der Waals surface area (Å²) in [7, 11) is 5.62. The molecule has 0 aliphatic carbocycles. The Balaban J connectivity index is 1.57. The van der Waals surface area contributed by atoms with Gasteiger partial charge in [-0.2, -0.15) is 0 Å². The van der Waals surface area contributed by atoms with Crippen molar-refractivity contribution in [1.29, 1.82) is 0 Å². The summed E-state index contributed by atoms with van der Waals surface area (Å²) in [5, 5.41) is 0. The van der Waals surface area contributed by atoms with Crippen molar-refractivity contribution in [2.75, 3.05) is 47.5 Å². The van der Waals surface area contributed by atoms with Gasteiger partial charge in [-0.05, 0) is 56.7 Å². The molecule has 4 rings (SSSR count). The number of aromatic nitrogens is 1. The van der Waals surface area contributed by atoms with Crippen LogP contribution in [-0.2, 0) is 11.2 Å². The molecule has 160 valence electrons. The van der Waals surface area contributed by atoms with Gasteiger partial charge in [-0.3, -0.25) is 4.79 Å². The third-order valence-electron chi connectivity index (χ3n) is 5.90. The van der Waals surface area contributed by atoms with Crippen LogP contribution in [0.2, 0.25) is 0 Å². The van der Waals surface area contributed by atoms with Crippen LogP contribution >= 0.6 is 0 Å². The van der Waals surface area contributed by atoms with Crippen molar-refractivity contribution in [1.82, 2.24) is 14.8 Å². The van der Waals surface area contributed by atoms with Crippen molar-refractivity contribution in [3.05, 3.63) is 35.9 Å². The molecule has 1 aromatic heterocycles. The van der Waals surface area contributed by atoms with Crippen LogP contribution in [0.5, 0.6) is 17.4 Å². The van der Waals surface area contributed by atoms with E-state index in [2.05, 4.69) is 16.9 Å². The Hall–Kier alpha value is -2.80. The number of para-hydroxylation sites is 1. The van der Waals surface area contributed by atoms with Crippen molar-refractivity contribution in [2.24, 2.45) is 0 Å². The van der Waals surface area contributed by atoms with E-state index in [9.17, 15) is 4.79 Å². The molecule has 0 radical (unpaired) electrons. The topological polar surface area (TPSA) is 64.1 Å². The average molecular weight is 412 g/mol. The quantitative estimate of drug-likeness (QED) is 0.754. The van der Waals surface area contributed by atoms with E-state index >= 15 is 0 Å². The zero-order chi connectivity index (χ0) is 21.1. The Labute approximate surface area is 177 Å². The number of hydrogen-bond acceptors (Lipinski definition) is 6. The lowest BCUT2D eigenvalue weighted by molar-refractivity contribution is -0.132. The molecule has 0 N–H and O–H groups in total. The van der Waals surface area contributed by atoms with Gasteiger partial charge < -0.3 is 24.0 Å². The summed E-state index contributed by atoms with van der Waals surface area (Å²) in [6, 6.07) is 9.82. The normalized spacial score (nSPS) is 16.9. The summed E-state index contributed by atoms with van der Waals surface area (Å²) < 4.78 is 17.0. The minimum atomic E-state index is 0.110. The third-order valence-corrected chi connectivity index (χ3v) is 5.90. The zero-order valence-corrected chi connectivity index (χ0v) is 17.9. The van der Waals surface area contributed by atoms with Crippen LogP contribution in [0.4, 0.5) is 0 Å². The molecule has 0 saturated carbocycles. The number of rotatable bonds is 5. The largest absolute Gasteiger partial charge is 0.486 e. The number of methoxy groups -OCH3 is 1. The zero-order valence-electron chi connectivity index (χ0n) is 17.9. The van der Waals surface area contributed by atoms with Gasteiger partial charge in [0.15, 0.2) is 11.5 Å². The molecule has 0 bridgehead atoms. The molecule has 7 nitrogen and oxygen atoms in total.